The van der Waals surface area contributed by atoms with Crippen LogP contribution in [0.2, 0.25) is 0 Å². The number of H-pyrrole nitrogens is 1. The van der Waals surface area contributed by atoms with Gasteiger partial charge >= 0.3 is 5.97 Å². The van der Waals surface area contributed by atoms with Gasteiger partial charge in [0, 0.05) is 17.2 Å². The van der Waals surface area contributed by atoms with E-state index in [-0.39, 0.29) is 5.56 Å². The maximum absolute atomic E-state index is 11.2. The van der Waals surface area contributed by atoms with E-state index in [9.17, 15) is 9.90 Å². The van der Waals surface area contributed by atoms with Crippen LogP contribution in [0.5, 0.6) is 0 Å². The molecule has 2 aromatic carbocycles. The van der Waals surface area contributed by atoms with Gasteiger partial charge in [-0.15, -0.1) is 0 Å². The summed E-state index contributed by atoms with van der Waals surface area (Å²) in [7, 11) is 0. The van der Waals surface area contributed by atoms with Crippen LogP contribution in [0.15, 0.2) is 58.5 Å². The first-order chi connectivity index (χ1) is 12.6. The van der Waals surface area contributed by atoms with Gasteiger partial charge in [0.15, 0.2) is 0 Å². The third kappa shape index (κ3) is 1.54. The molecule has 0 saturated carbocycles. The number of nitrogens with one attached hydrogen (secondary N) is 1. The largest absolute Gasteiger partial charge is 0.478 e. The highest BCUT2D eigenvalue weighted by molar-refractivity contribution is 6.00. The smallest absolute Gasteiger partial charge is 0.335 e. The first-order valence-corrected chi connectivity index (χ1v) is 8.29. The zero-order valence-electron chi connectivity index (χ0n) is 13.5. The van der Waals surface area contributed by atoms with Gasteiger partial charge in [-0.3, -0.25) is 19.6 Å². The van der Waals surface area contributed by atoms with Gasteiger partial charge in [0.25, 0.3) is 0 Å². The molecule has 2 aromatic heterocycles. The Morgan fingerprint density at radius 1 is 1.15 bits per heavy atom. The zero-order chi connectivity index (χ0) is 17.5. The van der Waals surface area contributed by atoms with Gasteiger partial charge in [0.05, 0.1) is 33.0 Å². The fraction of sp³-hybridized carbons (Fsp3) is 0.0500. The van der Waals surface area contributed by atoms with E-state index in [2.05, 4.69) is 22.2 Å². The molecule has 124 valence electrons. The number of hydrogen-bond acceptors (Lipinski definition) is 3. The molecule has 26 heavy (non-hydrogen) atoms. The van der Waals surface area contributed by atoms with Crippen LogP contribution in [0.25, 0.3) is 22.5 Å². The van der Waals surface area contributed by atoms with Crippen molar-refractivity contribution >= 4 is 40.4 Å². The van der Waals surface area contributed by atoms with Gasteiger partial charge in [-0.25, -0.2) is 4.79 Å². The normalized spacial score (nSPS) is 19.7. The van der Waals surface area contributed by atoms with Crippen molar-refractivity contribution in [2.45, 2.75) is 5.54 Å². The third-order valence-corrected chi connectivity index (χ3v) is 5.19. The molecule has 0 saturated heterocycles. The van der Waals surface area contributed by atoms with Gasteiger partial charge in [-0.1, -0.05) is 18.2 Å². The number of hydrogen-bond donors (Lipinski definition) is 2. The lowest BCUT2D eigenvalue weighted by molar-refractivity contribution is 0.0697. The monoisotopic (exact) mass is 340 g/mol. The van der Waals surface area contributed by atoms with Crippen LogP contribution in [0.1, 0.15) is 15.9 Å². The van der Waals surface area contributed by atoms with E-state index < -0.39 is 11.5 Å². The number of aromatic amines is 1. The number of carboxylic acids is 1. The summed E-state index contributed by atoms with van der Waals surface area (Å²) in [5.41, 5.74) is 3.51. The first kappa shape index (κ1) is 13.6. The minimum absolute atomic E-state index is 0.264. The van der Waals surface area contributed by atoms with Crippen molar-refractivity contribution < 1.29 is 9.90 Å². The van der Waals surface area contributed by atoms with Crippen molar-refractivity contribution in [2.75, 3.05) is 0 Å². The summed E-state index contributed by atoms with van der Waals surface area (Å²) in [6.45, 7) is 0. The SMILES string of the molecule is O=C(O)c1ccc2c(c1)[nH]n1c3c(cc21)=NC1(C=Nc2ccccc21)C=3. The molecule has 4 heterocycles. The van der Waals surface area contributed by atoms with E-state index in [0.29, 0.717) is 0 Å². The highest BCUT2D eigenvalue weighted by atomic mass is 16.4. The van der Waals surface area contributed by atoms with Gasteiger partial charge in [0.1, 0.15) is 5.54 Å². The maximum atomic E-state index is 11.2. The second kappa shape index (κ2) is 4.29. The Balaban J connectivity index is 1.64. The molecular weight excluding hydrogens is 328 g/mol. The second-order valence-corrected chi connectivity index (χ2v) is 6.67. The number of fused-ring (bicyclic) bond motifs is 7. The summed E-state index contributed by atoms with van der Waals surface area (Å²) in [4.78, 5) is 20.7. The van der Waals surface area contributed by atoms with Crippen molar-refractivity contribution in [2.24, 2.45) is 9.98 Å². The zero-order valence-corrected chi connectivity index (χ0v) is 13.5. The van der Waals surface area contributed by atoms with Crippen molar-refractivity contribution in [1.29, 1.82) is 0 Å². The lowest BCUT2D eigenvalue weighted by Crippen LogP contribution is -2.23. The Labute approximate surface area is 146 Å². The molecule has 6 rings (SSSR count). The van der Waals surface area contributed by atoms with E-state index in [0.717, 1.165) is 38.4 Å². The number of para-hydroxylation sites is 1. The minimum atomic E-state index is -0.935. The summed E-state index contributed by atoms with van der Waals surface area (Å²) in [5.74, 6) is -0.935. The predicted molar refractivity (Wildman–Crippen MR) is 97.7 cm³/mol. The van der Waals surface area contributed by atoms with E-state index in [1.165, 1.54) is 0 Å². The quantitative estimate of drug-likeness (QED) is 0.556. The average molecular weight is 340 g/mol. The van der Waals surface area contributed by atoms with Crippen LogP contribution in [-0.2, 0) is 5.54 Å². The van der Waals surface area contributed by atoms with Crippen molar-refractivity contribution in [3.05, 3.63) is 70.4 Å². The molecule has 2 N–H and O–H groups in total. The van der Waals surface area contributed by atoms with E-state index in [4.69, 9.17) is 4.99 Å². The molecule has 0 aliphatic carbocycles. The summed E-state index contributed by atoms with van der Waals surface area (Å²) in [5, 5.41) is 15.4. The molecule has 0 radical (unpaired) electrons. The van der Waals surface area contributed by atoms with Gasteiger partial charge in [0.2, 0.25) is 0 Å². The molecule has 1 unspecified atom stereocenters. The Bertz CT molecular complexity index is 1420. The summed E-state index contributed by atoms with van der Waals surface area (Å²) in [6.07, 6.45) is 3.99. The Morgan fingerprint density at radius 2 is 2.04 bits per heavy atom. The Morgan fingerprint density at radius 3 is 2.92 bits per heavy atom. The van der Waals surface area contributed by atoms with Crippen molar-refractivity contribution in [1.82, 2.24) is 9.61 Å². The molecule has 2 aliphatic heterocycles. The minimum Gasteiger partial charge on any atom is -0.478 e. The second-order valence-electron chi connectivity index (χ2n) is 6.67. The number of carboxylic acid groups (broad SMARTS) is 1. The lowest BCUT2D eigenvalue weighted by atomic mass is 9.93. The van der Waals surface area contributed by atoms with Crippen LogP contribution in [0.3, 0.4) is 0 Å². The number of nitrogens with zero attached hydrogens (tertiary/aromatic N) is 3. The fourth-order valence-electron chi connectivity index (χ4n) is 3.98. The molecule has 0 fully saturated rings. The molecule has 4 aromatic rings. The Kier molecular flexibility index (Phi) is 2.24. The van der Waals surface area contributed by atoms with Crippen LogP contribution in [-0.4, -0.2) is 26.9 Å². The van der Waals surface area contributed by atoms with Crippen molar-refractivity contribution in [3.63, 3.8) is 0 Å². The van der Waals surface area contributed by atoms with Gasteiger partial charge in [-0.05, 0) is 36.4 Å². The van der Waals surface area contributed by atoms with Crippen LogP contribution >= 0.6 is 0 Å². The molecule has 0 amide bonds. The number of aromatic carboxylic acids is 1. The molecule has 2 aliphatic rings. The Hall–Kier alpha value is -3.67. The van der Waals surface area contributed by atoms with Crippen molar-refractivity contribution in [3.8, 4) is 0 Å². The number of aromatic nitrogens is 2. The van der Waals surface area contributed by atoms with Gasteiger partial charge in [-0.2, -0.15) is 0 Å². The number of carbonyl (C=O) groups is 1. The van der Waals surface area contributed by atoms with Gasteiger partial charge < -0.3 is 5.11 Å². The number of rotatable bonds is 1. The number of benzene rings is 2. The third-order valence-electron chi connectivity index (χ3n) is 5.19. The maximum Gasteiger partial charge on any atom is 0.335 e. The average Bonchev–Trinajstić information content (AvgIpc) is 3.35. The number of aliphatic imine (C=N–C) groups is 1. The molecule has 0 bridgehead atoms. The van der Waals surface area contributed by atoms with E-state index >= 15 is 0 Å². The highest BCUT2D eigenvalue weighted by Gasteiger charge is 2.36. The molecular formula is C20H12N4O2. The topological polar surface area (TPSA) is 82.2 Å². The lowest BCUT2D eigenvalue weighted by Gasteiger charge is -2.15. The van der Waals surface area contributed by atoms with Crippen LogP contribution in [0, 0.1) is 0 Å². The molecule has 1 spiro atoms. The summed E-state index contributed by atoms with van der Waals surface area (Å²) in [6, 6.07) is 15.2. The predicted octanol–water partition coefficient (Wildman–Crippen LogP) is 2.14. The van der Waals surface area contributed by atoms with E-state index in [1.54, 1.807) is 12.1 Å². The molecule has 6 nitrogen and oxygen atoms in total. The first-order valence-electron chi connectivity index (χ1n) is 8.29. The van der Waals surface area contributed by atoms with Crippen LogP contribution in [0.4, 0.5) is 5.69 Å². The molecule has 1 atom stereocenters. The summed E-state index contributed by atoms with van der Waals surface area (Å²) >= 11 is 0. The van der Waals surface area contributed by atoms with E-state index in [1.807, 2.05) is 41.1 Å². The molecule has 6 heteroatoms. The fourth-order valence-corrected chi connectivity index (χ4v) is 3.98. The standard InChI is InChI=1S/C20H12N4O2/c25-19(26)11-5-6-12-15(7-11)23-24-17(12)8-16-18(24)9-20(22-16)10-21-14-4-2-1-3-13(14)20/h1-10,23H,(H,25,26). The van der Waals surface area contributed by atoms with Crippen LogP contribution < -0.4 is 10.7 Å². The summed E-state index contributed by atoms with van der Waals surface area (Å²) < 4.78 is 1.97. The highest BCUT2D eigenvalue weighted by Crippen LogP contribution is 2.39.